The van der Waals surface area contributed by atoms with Crippen LogP contribution in [0.4, 0.5) is 19.0 Å². The Morgan fingerprint density at radius 2 is 1.94 bits per heavy atom. The highest BCUT2D eigenvalue weighted by Gasteiger charge is 2.40. The van der Waals surface area contributed by atoms with Crippen molar-refractivity contribution in [1.82, 2.24) is 24.7 Å². The Kier molecular flexibility index (Phi) is 6.88. The largest absolute Gasteiger partial charge is 0.465 e. The van der Waals surface area contributed by atoms with Crippen molar-refractivity contribution in [2.24, 2.45) is 5.84 Å². The number of halogens is 3. The molecule has 0 saturated heterocycles. The molecule has 3 heterocycles. The number of nitrogens with two attached hydrogens (primary N) is 1. The van der Waals surface area contributed by atoms with Crippen LogP contribution in [0.15, 0.2) is 42.6 Å². The predicted molar refractivity (Wildman–Crippen MR) is 126 cm³/mol. The highest BCUT2D eigenvalue weighted by atomic mass is 19.3. The van der Waals surface area contributed by atoms with Gasteiger partial charge >= 0.3 is 5.97 Å². The van der Waals surface area contributed by atoms with Crippen molar-refractivity contribution in [2.75, 3.05) is 12.0 Å². The number of carbonyl (C=O) groups is 1. The molecule has 1 aromatic carbocycles. The number of alkyl halides is 2. The van der Waals surface area contributed by atoms with Crippen molar-refractivity contribution < 1.29 is 22.7 Å². The number of aromatic nitrogens is 5. The van der Waals surface area contributed by atoms with Gasteiger partial charge in [0.15, 0.2) is 11.5 Å². The average molecular weight is 499 g/mol. The smallest absolute Gasteiger partial charge is 0.316 e. The number of nitrogens with one attached hydrogen (secondary N) is 1. The molecule has 0 radical (unpaired) electrons. The molecule has 0 spiro atoms. The zero-order chi connectivity index (χ0) is 26.0. The fourth-order valence-electron chi connectivity index (χ4n) is 3.95. The van der Waals surface area contributed by atoms with Crippen LogP contribution in [0.2, 0.25) is 0 Å². The first-order valence-electron chi connectivity index (χ1n) is 11.1. The molecule has 0 fully saturated rings. The third-order valence-corrected chi connectivity index (χ3v) is 5.69. The van der Waals surface area contributed by atoms with Gasteiger partial charge in [-0.1, -0.05) is 18.2 Å². The summed E-state index contributed by atoms with van der Waals surface area (Å²) in [6.45, 7) is 4.57. The minimum Gasteiger partial charge on any atom is -0.465 e. The van der Waals surface area contributed by atoms with E-state index >= 15 is 0 Å². The highest BCUT2D eigenvalue weighted by Crippen LogP contribution is 2.38. The Labute approximate surface area is 204 Å². The van der Waals surface area contributed by atoms with E-state index in [-0.39, 0.29) is 36.1 Å². The second kappa shape index (κ2) is 9.90. The minimum atomic E-state index is -3.06. The lowest BCUT2D eigenvalue weighted by molar-refractivity contribution is -0.148. The van der Waals surface area contributed by atoms with Crippen molar-refractivity contribution in [3.8, 4) is 11.5 Å². The standard InChI is InChI=1S/C24H24F3N7O2/c1-4-36-23(35)24(2,3)16-18(19(26)27)30-21(31-20(16)32-28)17-14-9-7-11-29-22(14)34(33-17)12-13-8-5-6-10-15(13)25/h5-11,19H,4,12,28H2,1-3H3,(H,30,31,32). The lowest BCUT2D eigenvalue weighted by Crippen LogP contribution is -2.35. The Hall–Kier alpha value is -4.06. The van der Waals surface area contributed by atoms with Crippen LogP contribution in [-0.4, -0.2) is 37.3 Å². The van der Waals surface area contributed by atoms with Gasteiger partial charge in [0.05, 0.1) is 24.0 Å². The summed E-state index contributed by atoms with van der Waals surface area (Å²) in [5, 5.41) is 4.95. The third kappa shape index (κ3) is 4.47. The second-order valence-corrected chi connectivity index (χ2v) is 8.42. The summed E-state index contributed by atoms with van der Waals surface area (Å²) in [5.41, 5.74) is 0.806. The number of esters is 1. The van der Waals surface area contributed by atoms with E-state index in [2.05, 4.69) is 25.5 Å². The Bertz CT molecular complexity index is 1420. The SMILES string of the molecule is CCOC(=O)C(C)(C)c1c(NN)nc(-c2nn(Cc3ccccc3F)c3ncccc23)nc1C(F)F. The van der Waals surface area contributed by atoms with Gasteiger partial charge in [-0.05, 0) is 39.0 Å². The number of benzene rings is 1. The van der Waals surface area contributed by atoms with Crippen molar-refractivity contribution >= 4 is 22.8 Å². The first kappa shape index (κ1) is 25.0. The van der Waals surface area contributed by atoms with Crippen LogP contribution in [0.3, 0.4) is 0 Å². The molecule has 0 aliphatic rings. The van der Waals surface area contributed by atoms with Gasteiger partial charge in [-0.3, -0.25) is 4.79 Å². The fourth-order valence-corrected chi connectivity index (χ4v) is 3.95. The minimum absolute atomic E-state index is 0.0395. The molecule has 0 bridgehead atoms. The van der Waals surface area contributed by atoms with Crippen molar-refractivity contribution in [1.29, 1.82) is 0 Å². The van der Waals surface area contributed by atoms with Gasteiger partial charge in [0.1, 0.15) is 23.0 Å². The maximum absolute atomic E-state index is 14.3. The van der Waals surface area contributed by atoms with Crippen molar-refractivity contribution in [3.63, 3.8) is 0 Å². The number of rotatable bonds is 8. The number of ether oxygens (including phenoxy) is 1. The number of nitrogen functional groups attached to an aromatic ring is 1. The zero-order valence-electron chi connectivity index (χ0n) is 19.8. The molecule has 0 aliphatic heterocycles. The number of hydrogen-bond donors (Lipinski definition) is 2. The Balaban J connectivity index is 1.91. The van der Waals surface area contributed by atoms with E-state index in [0.717, 1.165) is 0 Å². The Morgan fingerprint density at radius 3 is 2.61 bits per heavy atom. The number of nitrogens with zero attached hydrogens (tertiary/aromatic N) is 5. The fraction of sp³-hybridized carbons (Fsp3) is 0.292. The van der Waals surface area contributed by atoms with Crippen LogP contribution in [0.1, 0.15) is 44.0 Å². The normalized spacial score (nSPS) is 11.8. The van der Waals surface area contributed by atoms with Gasteiger partial charge in [0.25, 0.3) is 6.43 Å². The summed E-state index contributed by atoms with van der Waals surface area (Å²) in [4.78, 5) is 25.4. The number of pyridine rings is 1. The summed E-state index contributed by atoms with van der Waals surface area (Å²) in [7, 11) is 0. The molecule has 9 nitrogen and oxygen atoms in total. The van der Waals surface area contributed by atoms with E-state index in [9.17, 15) is 18.0 Å². The molecule has 4 rings (SSSR count). The van der Waals surface area contributed by atoms with E-state index in [1.54, 1.807) is 37.3 Å². The van der Waals surface area contributed by atoms with Gasteiger partial charge in [-0.25, -0.2) is 38.6 Å². The van der Waals surface area contributed by atoms with Crippen LogP contribution in [0.5, 0.6) is 0 Å². The number of anilines is 1. The van der Waals surface area contributed by atoms with Gasteiger partial charge < -0.3 is 10.2 Å². The molecule has 36 heavy (non-hydrogen) atoms. The molecular formula is C24H24F3N7O2. The number of hydrogen-bond acceptors (Lipinski definition) is 8. The first-order chi connectivity index (χ1) is 17.2. The topological polar surface area (TPSA) is 121 Å². The molecule has 188 valence electrons. The molecule has 0 atom stereocenters. The number of carbonyl (C=O) groups excluding carboxylic acids is 1. The van der Waals surface area contributed by atoms with E-state index in [0.29, 0.717) is 16.6 Å². The molecule has 0 amide bonds. The zero-order valence-corrected chi connectivity index (χ0v) is 19.8. The maximum Gasteiger partial charge on any atom is 0.316 e. The predicted octanol–water partition coefficient (Wildman–Crippen LogP) is 4.14. The maximum atomic E-state index is 14.3. The van der Waals surface area contributed by atoms with Crippen LogP contribution < -0.4 is 11.3 Å². The van der Waals surface area contributed by atoms with Crippen LogP contribution in [0.25, 0.3) is 22.6 Å². The lowest BCUT2D eigenvalue weighted by atomic mass is 9.83. The quantitative estimate of drug-likeness (QED) is 0.211. The van der Waals surface area contributed by atoms with E-state index in [4.69, 9.17) is 10.6 Å². The Morgan fingerprint density at radius 1 is 1.19 bits per heavy atom. The summed E-state index contributed by atoms with van der Waals surface area (Å²) < 4.78 is 49.4. The first-order valence-corrected chi connectivity index (χ1v) is 11.1. The lowest BCUT2D eigenvalue weighted by Gasteiger charge is -2.26. The summed E-state index contributed by atoms with van der Waals surface area (Å²) in [6, 6.07) is 9.54. The van der Waals surface area contributed by atoms with Crippen LogP contribution in [0, 0.1) is 5.82 Å². The molecule has 12 heteroatoms. The summed E-state index contributed by atoms with van der Waals surface area (Å²) in [6.07, 6.45) is -1.53. The van der Waals surface area contributed by atoms with Crippen LogP contribution >= 0.6 is 0 Å². The molecule has 0 unspecified atom stereocenters. The second-order valence-electron chi connectivity index (χ2n) is 8.42. The van der Waals surface area contributed by atoms with Crippen molar-refractivity contribution in [2.45, 2.75) is 39.2 Å². The number of hydrazine groups is 1. The molecular weight excluding hydrogens is 475 g/mol. The summed E-state index contributed by atoms with van der Waals surface area (Å²) in [5.74, 6) is 4.17. The molecule has 3 aromatic heterocycles. The average Bonchev–Trinajstić information content (AvgIpc) is 3.23. The summed E-state index contributed by atoms with van der Waals surface area (Å²) >= 11 is 0. The highest BCUT2D eigenvalue weighted by molar-refractivity contribution is 5.90. The van der Waals surface area contributed by atoms with Gasteiger partial charge in [0.2, 0.25) is 0 Å². The van der Waals surface area contributed by atoms with Crippen LogP contribution in [-0.2, 0) is 21.5 Å². The van der Waals surface area contributed by atoms with E-state index in [1.807, 2.05) is 0 Å². The monoisotopic (exact) mass is 499 g/mol. The van der Waals surface area contributed by atoms with Gasteiger partial charge in [0, 0.05) is 17.3 Å². The van der Waals surface area contributed by atoms with E-state index < -0.39 is 29.3 Å². The van der Waals surface area contributed by atoms with Gasteiger partial charge in [-0.2, -0.15) is 5.10 Å². The third-order valence-electron chi connectivity index (χ3n) is 5.69. The molecule has 4 aromatic rings. The molecule has 0 aliphatic carbocycles. The van der Waals surface area contributed by atoms with Gasteiger partial charge in [-0.15, -0.1) is 0 Å². The number of fused-ring (bicyclic) bond motifs is 1. The molecule has 3 N–H and O–H groups in total. The molecule has 0 saturated carbocycles. The van der Waals surface area contributed by atoms with Crippen molar-refractivity contribution in [3.05, 3.63) is 65.2 Å². The van der Waals surface area contributed by atoms with E-state index in [1.165, 1.54) is 30.8 Å².